The Kier molecular flexibility index (Phi) is 4.64. The van der Waals surface area contributed by atoms with E-state index in [4.69, 9.17) is 4.74 Å². The molecule has 3 nitrogen and oxygen atoms in total. The molecule has 0 bridgehead atoms. The van der Waals surface area contributed by atoms with Gasteiger partial charge in [0.15, 0.2) is 0 Å². The van der Waals surface area contributed by atoms with Gasteiger partial charge >= 0.3 is 5.97 Å². The van der Waals surface area contributed by atoms with E-state index in [0.717, 1.165) is 38.3 Å². The molecule has 0 aromatic heterocycles. The summed E-state index contributed by atoms with van der Waals surface area (Å²) in [4.78, 5) is 11.6. The third-order valence-electron chi connectivity index (χ3n) is 3.82. The van der Waals surface area contributed by atoms with E-state index in [2.05, 4.69) is 5.32 Å². The Morgan fingerprint density at radius 3 is 2.50 bits per heavy atom. The smallest absolute Gasteiger partial charge is 0.306 e. The van der Waals surface area contributed by atoms with Crippen LogP contribution in [0.15, 0.2) is 0 Å². The van der Waals surface area contributed by atoms with Crippen LogP contribution < -0.4 is 5.32 Å². The van der Waals surface area contributed by atoms with Crippen molar-refractivity contribution in [3.63, 3.8) is 0 Å². The van der Waals surface area contributed by atoms with Crippen molar-refractivity contribution in [2.75, 3.05) is 13.1 Å². The molecule has 2 aliphatic rings. The molecular weight excluding hydrogens is 202 g/mol. The molecule has 2 rings (SSSR count). The van der Waals surface area contributed by atoms with Crippen LogP contribution in [0, 0.1) is 5.92 Å². The first-order valence-electron chi connectivity index (χ1n) is 6.75. The molecule has 1 heterocycles. The molecule has 0 aromatic rings. The second-order valence-corrected chi connectivity index (χ2v) is 5.13. The van der Waals surface area contributed by atoms with E-state index in [1.807, 2.05) is 0 Å². The lowest BCUT2D eigenvalue weighted by Gasteiger charge is -2.22. The first-order valence-corrected chi connectivity index (χ1v) is 6.75. The van der Waals surface area contributed by atoms with E-state index in [0.29, 0.717) is 6.42 Å². The molecule has 1 saturated heterocycles. The van der Waals surface area contributed by atoms with Crippen LogP contribution in [0.5, 0.6) is 0 Å². The molecule has 0 spiro atoms. The monoisotopic (exact) mass is 225 g/mol. The van der Waals surface area contributed by atoms with Crippen LogP contribution >= 0.6 is 0 Å². The molecule has 1 saturated carbocycles. The number of piperidine rings is 1. The maximum absolute atomic E-state index is 11.6. The van der Waals surface area contributed by atoms with Gasteiger partial charge in [-0.05, 0) is 64.0 Å². The number of rotatable bonds is 4. The van der Waals surface area contributed by atoms with E-state index >= 15 is 0 Å². The predicted octanol–water partition coefficient (Wildman–Crippen LogP) is 2.25. The van der Waals surface area contributed by atoms with Gasteiger partial charge in [0, 0.05) is 6.42 Å². The fourth-order valence-corrected chi connectivity index (χ4v) is 2.74. The quantitative estimate of drug-likeness (QED) is 0.746. The predicted molar refractivity (Wildman–Crippen MR) is 63.2 cm³/mol. The highest BCUT2D eigenvalue weighted by Gasteiger charge is 2.20. The average Bonchev–Trinajstić information content (AvgIpc) is 2.81. The molecule has 0 aromatic carbocycles. The maximum atomic E-state index is 11.6. The Labute approximate surface area is 97.9 Å². The third-order valence-corrected chi connectivity index (χ3v) is 3.82. The number of hydrogen-bond donors (Lipinski definition) is 1. The second-order valence-electron chi connectivity index (χ2n) is 5.13. The van der Waals surface area contributed by atoms with Crippen molar-refractivity contribution in [2.24, 2.45) is 5.92 Å². The zero-order valence-electron chi connectivity index (χ0n) is 10.0. The summed E-state index contributed by atoms with van der Waals surface area (Å²) in [5, 5.41) is 3.34. The average molecular weight is 225 g/mol. The molecule has 0 unspecified atom stereocenters. The van der Waals surface area contributed by atoms with Crippen LogP contribution in [0.4, 0.5) is 0 Å². The van der Waals surface area contributed by atoms with Crippen molar-refractivity contribution in [1.82, 2.24) is 5.32 Å². The molecule has 0 amide bonds. The Morgan fingerprint density at radius 1 is 1.12 bits per heavy atom. The van der Waals surface area contributed by atoms with Gasteiger partial charge in [0.05, 0.1) is 0 Å². The van der Waals surface area contributed by atoms with Crippen LogP contribution in [0.25, 0.3) is 0 Å². The Morgan fingerprint density at radius 2 is 1.81 bits per heavy atom. The normalized spacial score (nSPS) is 23.5. The second kappa shape index (κ2) is 6.24. The summed E-state index contributed by atoms with van der Waals surface area (Å²) in [6, 6.07) is 0. The topological polar surface area (TPSA) is 38.3 Å². The molecule has 92 valence electrons. The summed E-state index contributed by atoms with van der Waals surface area (Å²) >= 11 is 0. The van der Waals surface area contributed by atoms with Gasteiger partial charge in [0.2, 0.25) is 0 Å². The summed E-state index contributed by atoms with van der Waals surface area (Å²) < 4.78 is 5.45. The van der Waals surface area contributed by atoms with E-state index in [1.54, 1.807) is 0 Å². The van der Waals surface area contributed by atoms with Crippen LogP contribution in [0.3, 0.4) is 0 Å². The molecule has 0 radical (unpaired) electrons. The van der Waals surface area contributed by atoms with Gasteiger partial charge in [0.25, 0.3) is 0 Å². The Balaban J connectivity index is 1.59. The van der Waals surface area contributed by atoms with Gasteiger partial charge in [-0.2, -0.15) is 0 Å². The lowest BCUT2D eigenvalue weighted by atomic mass is 9.93. The highest BCUT2D eigenvalue weighted by Crippen LogP contribution is 2.23. The number of carbonyl (C=O) groups is 1. The van der Waals surface area contributed by atoms with Crippen LogP contribution in [0.2, 0.25) is 0 Å². The van der Waals surface area contributed by atoms with Crippen molar-refractivity contribution < 1.29 is 9.53 Å². The van der Waals surface area contributed by atoms with Gasteiger partial charge in [-0.25, -0.2) is 0 Å². The minimum Gasteiger partial charge on any atom is -0.462 e. The van der Waals surface area contributed by atoms with E-state index < -0.39 is 0 Å². The summed E-state index contributed by atoms with van der Waals surface area (Å²) in [7, 11) is 0. The van der Waals surface area contributed by atoms with Crippen LogP contribution in [-0.4, -0.2) is 25.2 Å². The summed E-state index contributed by atoms with van der Waals surface area (Å²) in [6.45, 7) is 2.23. The SMILES string of the molecule is O=C(CCC1CCNCC1)OC1CCCC1. The van der Waals surface area contributed by atoms with Crippen molar-refractivity contribution in [3.8, 4) is 0 Å². The van der Waals surface area contributed by atoms with E-state index in [9.17, 15) is 4.79 Å². The maximum Gasteiger partial charge on any atom is 0.306 e. The molecule has 3 heteroatoms. The van der Waals surface area contributed by atoms with Gasteiger partial charge in [-0.1, -0.05) is 0 Å². The largest absolute Gasteiger partial charge is 0.462 e. The summed E-state index contributed by atoms with van der Waals surface area (Å²) in [5.41, 5.74) is 0. The number of ether oxygens (including phenoxy) is 1. The lowest BCUT2D eigenvalue weighted by Crippen LogP contribution is -2.28. The zero-order chi connectivity index (χ0) is 11.2. The van der Waals surface area contributed by atoms with E-state index in [1.165, 1.54) is 25.7 Å². The third kappa shape index (κ3) is 3.78. The summed E-state index contributed by atoms with van der Waals surface area (Å²) in [5.74, 6) is 0.766. The van der Waals surface area contributed by atoms with Gasteiger partial charge in [-0.3, -0.25) is 4.79 Å². The molecule has 2 fully saturated rings. The molecule has 16 heavy (non-hydrogen) atoms. The minimum atomic E-state index is 0.0328. The molecule has 1 aliphatic heterocycles. The number of carbonyl (C=O) groups excluding carboxylic acids is 1. The number of hydrogen-bond acceptors (Lipinski definition) is 3. The fraction of sp³-hybridized carbons (Fsp3) is 0.923. The molecule has 0 atom stereocenters. The van der Waals surface area contributed by atoms with Crippen LogP contribution in [0.1, 0.15) is 51.4 Å². The Bertz CT molecular complexity index is 218. The van der Waals surface area contributed by atoms with Crippen molar-refractivity contribution in [2.45, 2.75) is 57.5 Å². The number of esters is 1. The summed E-state index contributed by atoms with van der Waals surface area (Å²) in [6.07, 6.45) is 8.94. The molecule has 1 aliphatic carbocycles. The standard InChI is InChI=1S/C13H23NO2/c15-13(16-12-3-1-2-4-12)6-5-11-7-9-14-10-8-11/h11-12,14H,1-10H2. The highest BCUT2D eigenvalue weighted by molar-refractivity contribution is 5.69. The first-order chi connectivity index (χ1) is 7.84. The molecular formula is C13H23NO2. The van der Waals surface area contributed by atoms with Crippen molar-refractivity contribution >= 4 is 5.97 Å². The Hall–Kier alpha value is -0.570. The van der Waals surface area contributed by atoms with Crippen molar-refractivity contribution in [1.29, 1.82) is 0 Å². The first kappa shape index (κ1) is 11.9. The van der Waals surface area contributed by atoms with E-state index in [-0.39, 0.29) is 12.1 Å². The van der Waals surface area contributed by atoms with Gasteiger partial charge in [0.1, 0.15) is 6.10 Å². The molecule has 1 N–H and O–H groups in total. The van der Waals surface area contributed by atoms with Gasteiger partial charge in [-0.15, -0.1) is 0 Å². The van der Waals surface area contributed by atoms with Crippen LogP contribution in [-0.2, 0) is 9.53 Å². The van der Waals surface area contributed by atoms with Crippen molar-refractivity contribution in [3.05, 3.63) is 0 Å². The fourth-order valence-electron chi connectivity index (χ4n) is 2.74. The van der Waals surface area contributed by atoms with Gasteiger partial charge < -0.3 is 10.1 Å². The highest BCUT2D eigenvalue weighted by atomic mass is 16.5. The minimum absolute atomic E-state index is 0.0328. The zero-order valence-corrected chi connectivity index (χ0v) is 10.0. The lowest BCUT2D eigenvalue weighted by molar-refractivity contribution is -0.149. The number of nitrogens with one attached hydrogen (secondary N) is 1.